The number of nitrogens with zero attached hydrogens (tertiary/aromatic N) is 1. The number of hydrogen-bond donors (Lipinski definition) is 2. The molecule has 2 unspecified atom stereocenters. The number of nitrogens with one attached hydrogen (secondary N) is 1. The highest BCUT2D eigenvalue weighted by atomic mass is 16.3. The van der Waals surface area contributed by atoms with Gasteiger partial charge in [-0.3, -0.25) is 4.90 Å². The largest absolute Gasteiger partial charge is 0.393 e. The summed E-state index contributed by atoms with van der Waals surface area (Å²) in [5.74, 6) is 0.763. The zero-order valence-electron chi connectivity index (χ0n) is 9.08. The summed E-state index contributed by atoms with van der Waals surface area (Å²) in [5, 5.41) is 12.9. The van der Waals surface area contributed by atoms with E-state index in [4.69, 9.17) is 0 Å². The lowest BCUT2D eigenvalue weighted by atomic mass is 9.92. The van der Waals surface area contributed by atoms with Crippen molar-refractivity contribution in [2.24, 2.45) is 5.92 Å². The number of aliphatic hydroxyl groups is 1. The van der Waals surface area contributed by atoms with E-state index in [9.17, 15) is 5.11 Å². The second-order valence-corrected chi connectivity index (χ2v) is 4.80. The Hall–Kier alpha value is -0.120. The Morgan fingerprint density at radius 2 is 1.93 bits per heavy atom. The maximum atomic E-state index is 9.45. The fraction of sp³-hybridized carbons (Fsp3) is 1.00. The van der Waals surface area contributed by atoms with Gasteiger partial charge in [0.15, 0.2) is 0 Å². The number of piperidine rings is 2. The highest BCUT2D eigenvalue weighted by Crippen LogP contribution is 2.21. The van der Waals surface area contributed by atoms with Crippen LogP contribution >= 0.6 is 0 Å². The lowest BCUT2D eigenvalue weighted by molar-refractivity contribution is 0.0370. The molecular weight excluding hydrogens is 176 g/mol. The van der Waals surface area contributed by atoms with Gasteiger partial charge in [-0.25, -0.2) is 0 Å². The molecule has 0 bridgehead atoms. The topological polar surface area (TPSA) is 35.5 Å². The third kappa shape index (κ3) is 2.27. The standard InChI is InChI=1S/C11H22N2O/c1-9-8-12-5-2-11(9)13-6-3-10(14)4-7-13/h9-12,14H,2-8H2,1H3. The van der Waals surface area contributed by atoms with Gasteiger partial charge in [0.05, 0.1) is 6.10 Å². The van der Waals surface area contributed by atoms with Gasteiger partial charge in [0.2, 0.25) is 0 Å². The van der Waals surface area contributed by atoms with Crippen molar-refractivity contribution in [2.45, 2.75) is 38.3 Å². The van der Waals surface area contributed by atoms with Crippen LogP contribution in [0, 0.1) is 5.92 Å². The van der Waals surface area contributed by atoms with Crippen LogP contribution in [0.15, 0.2) is 0 Å². The summed E-state index contributed by atoms with van der Waals surface area (Å²) in [6.45, 7) is 6.84. The molecule has 3 nitrogen and oxygen atoms in total. The lowest BCUT2D eigenvalue weighted by Crippen LogP contribution is -2.51. The molecule has 2 aliphatic rings. The zero-order valence-corrected chi connectivity index (χ0v) is 9.08. The van der Waals surface area contributed by atoms with Crippen LogP contribution in [0.4, 0.5) is 0 Å². The van der Waals surface area contributed by atoms with Crippen molar-refractivity contribution in [3.05, 3.63) is 0 Å². The Bertz CT molecular complexity index is 178. The van der Waals surface area contributed by atoms with Gasteiger partial charge < -0.3 is 10.4 Å². The number of rotatable bonds is 1. The minimum absolute atomic E-state index is 0.0386. The quantitative estimate of drug-likeness (QED) is 0.642. The third-order valence-electron chi connectivity index (χ3n) is 3.71. The van der Waals surface area contributed by atoms with Crippen LogP contribution in [-0.4, -0.2) is 48.3 Å². The fourth-order valence-electron chi connectivity index (χ4n) is 2.76. The number of hydrogen-bond acceptors (Lipinski definition) is 3. The molecular formula is C11H22N2O. The first-order valence-corrected chi connectivity index (χ1v) is 5.90. The van der Waals surface area contributed by atoms with Crippen molar-refractivity contribution in [2.75, 3.05) is 26.2 Å². The predicted molar refractivity (Wildman–Crippen MR) is 57.3 cm³/mol. The van der Waals surface area contributed by atoms with Crippen LogP contribution in [0.25, 0.3) is 0 Å². The van der Waals surface area contributed by atoms with Crippen LogP contribution in [0.5, 0.6) is 0 Å². The number of aliphatic hydroxyl groups excluding tert-OH is 1. The molecule has 0 aromatic carbocycles. The molecule has 0 radical (unpaired) electrons. The molecule has 0 spiro atoms. The predicted octanol–water partition coefficient (Wildman–Crippen LogP) is 0.441. The monoisotopic (exact) mass is 198 g/mol. The summed E-state index contributed by atoms with van der Waals surface area (Å²) in [6, 6.07) is 0.753. The van der Waals surface area contributed by atoms with Gasteiger partial charge in [-0.15, -0.1) is 0 Å². The highest BCUT2D eigenvalue weighted by molar-refractivity contribution is 4.85. The maximum Gasteiger partial charge on any atom is 0.0564 e. The lowest BCUT2D eigenvalue weighted by Gasteiger charge is -2.41. The molecule has 82 valence electrons. The Morgan fingerprint density at radius 1 is 1.21 bits per heavy atom. The molecule has 14 heavy (non-hydrogen) atoms. The molecule has 2 atom stereocenters. The molecule has 2 aliphatic heterocycles. The van der Waals surface area contributed by atoms with Gasteiger partial charge in [-0.1, -0.05) is 6.92 Å². The van der Waals surface area contributed by atoms with E-state index in [1.54, 1.807) is 0 Å². The summed E-state index contributed by atoms with van der Waals surface area (Å²) in [7, 11) is 0. The van der Waals surface area contributed by atoms with E-state index in [2.05, 4.69) is 17.1 Å². The van der Waals surface area contributed by atoms with Crippen molar-refractivity contribution in [3.8, 4) is 0 Å². The van der Waals surface area contributed by atoms with Crippen LogP contribution in [0.2, 0.25) is 0 Å². The molecule has 0 aliphatic carbocycles. The van der Waals surface area contributed by atoms with Crippen LogP contribution in [0.3, 0.4) is 0 Å². The Labute approximate surface area is 86.5 Å². The van der Waals surface area contributed by atoms with E-state index in [1.165, 1.54) is 6.42 Å². The van der Waals surface area contributed by atoms with Crippen LogP contribution in [0.1, 0.15) is 26.2 Å². The fourth-order valence-corrected chi connectivity index (χ4v) is 2.76. The minimum atomic E-state index is -0.0386. The molecule has 2 N–H and O–H groups in total. The zero-order chi connectivity index (χ0) is 9.97. The summed E-state index contributed by atoms with van der Waals surface area (Å²) < 4.78 is 0. The average Bonchev–Trinajstić information content (AvgIpc) is 2.20. The molecule has 0 aromatic rings. The summed E-state index contributed by atoms with van der Waals surface area (Å²) >= 11 is 0. The smallest absolute Gasteiger partial charge is 0.0564 e. The van der Waals surface area contributed by atoms with E-state index in [0.717, 1.165) is 51.0 Å². The van der Waals surface area contributed by atoms with Crippen LogP contribution < -0.4 is 5.32 Å². The van der Waals surface area contributed by atoms with E-state index in [0.29, 0.717) is 0 Å². The van der Waals surface area contributed by atoms with Gasteiger partial charge in [0.1, 0.15) is 0 Å². The van der Waals surface area contributed by atoms with Gasteiger partial charge in [0, 0.05) is 19.1 Å². The van der Waals surface area contributed by atoms with Gasteiger partial charge in [0.25, 0.3) is 0 Å². The Morgan fingerprint density at radius 3 is 2.57 bits per heavy atom. The normalized spacial score (nSPS) is 37.3. The van der Waals surface area contributed by atoms with Gasteiger partial charge in [-0.2, -0.15) is 0 Å². The van der Waals surface area contributed by atoms with E-state index < -0.39 is 0 Å². The first-order chi connectivity index (χ1) is 6.77. The van der Waals surface area contributed by atoms with Crippen molar-refractivity contribution in [1.29, 1.82) is 0 Å². The summed E-state index contributed by atoms with van der Waals surface area (Å²) in [4.78, 5) is 2.58. The van der Waals surface area contributed by atoms with E-state index in [-0.39, 0.29) is 6.10 Å². The van der Waals surface area contributed by atoms with Gasteiger partial charge in [-0.05, 0) is 38.3 Å². The van der Waals surface area contributed by atoms with Crippen LogP contribution in [-0.2, 0) is 0 Å². The van der Waals surface area contributed by atoms with E-state index in [1.807, 2.05) is 0 Å². The molecule has 3 heteroatoms. The SMILES string of the molecule is CC1CNCCC1N1CCC(O)CC1. The average molecular weight is 198 g/mol. The minimum Gasteiger partial charge on any atom is -0.393 e. The molecule has 2 rings (SSSR count). The second kappa shape index (κ2) is 4.60. The molecule has 2 saturated heterocycles. The molecule has 0 aromatic heterocycles. The van der Waals surface area contributed by atoms with Crippen molar-refractivity contribution in [3.63, 3.8) is 0 Å². The van der Waals surface area contributed by atoms with E-state index >= 15 is 0 Å². The van der Waals surface area contributed by atoms with Crippen molar-refractivity contribution < 1.29 is 5.11 Å². The van der Waals surface area contributed by atoms with Crippen molar-refractivity contribution in [1.82, 2.24) is 10.2 Å². The second-order valence-electron chi connectivity index (χ2n) is 4.80. The molecule has 0 saturated carbocycles. The highest BCUT2D eigenvalue weighted by Gasteiger charge is 2.29. The summed E-state index contributed by atoms with van der Waals surface area (Å²) in [5.41, 5.74) is 0. The number of likely N-dealkylation sites (tertiary alicyclic amines) is 1. The summed E-state index contributed by atoms with van der Waals surface area (Å²) in [6.07, 6.45) is 3.17. The third-order valence-corrected chi connectivity index (χ3v) is 3.71. The molecule has 2 fully saturated rings. The first kappa shape index (κ1) is 10.4. The maximum absolute atomic E-state index is 9.45. The molecule has 0 amide bonds. The first-order valence-electron chi connectivity index (χ1n) is 5.90. The molecule has 2 heterocycles. The Balaban J connectivity index is 1.87. The van der Waals surface area contributed by atoms with Crippen molar-refractivity contribution >= 4 is 0 Å². The van der Waals surface area contributed by atoms with Gasteiger partial charge >= 0.3 is 0 Å². The Kier molecular flexibility index (Phi) is 3.42.